The summed E-state index contributed by atoms with van der Waals surface area (Å²) in [7, 11) is 0. The number of carbonyl (C=O) groups is 3. The van der Waals surface area contributed by atoms with E-state index in [-0.39, 0.29) is 35.2 Å². The number of aromatic nitrogens is 1. The summed E-state index contributed by atoms with van der Waals surface area (Å²) in [5.74, 6) is -0.540. The van der Waals surface area contributed by atoms with Crippen molar-refractivity contribution in [2.45, 2.75) is 95.7 Å². The van der Waals surface area contributed by atoms with E-state index in [1.165, 1.54) is 12.5 Å². The van der Waals surface area contributed by atoms with Crippen molar-refractivity contribution in [3.8, 4) is 0 Å². The fraction of sp³-hybridized carbons (Fsp3) is 0.611. The highest BCUT2D eigenvalue weighted by Crippen LogP contribution is 2.70. The summed E-state index contributed by atoms with van der Waals surface area (Å²) >= 11 is 0. The van der Waals surface area contributed by atoms with Gasteiger partial charge in [0.1, 0.15) is 0 Å². The summed E-state index contributed by atoms with van der Waals surface area (Å²) in [6.07, 6.45) is 18.0. The Labute approximate surface area is 258 Å². The van der Waals surface area contributed by atoms with Crippen molar-refractivity contribution in [3.05, 3.63) is 60.0 Å². The summed E-state index contributed by atoms with van der Waals surface area (Å²) in [5.41, 5.74) is -0.578. The van der Waals surface area contributed by atoms with Crippen molar-refractivity contribution in [1.29, 1.82) is 0 Å². The molecule has 7 rings (SSSR count). The Morgan fingerprint density at radius 2 is 2.00 bits per heavy atom. The zero-order valence-corrected chi connectivity index (χ0v) is 25.7. The van der Waals surface area contributed by atoms with E-state index in [0.29, 0.717) is 12.8 Å². The number of pyridine rings is 1. The molecule has 9 atom stereocenters. The molecule has 1 aromatic heterocycles. The first-order valence-corrected chi connectivity index (χ1v) is 16.4. The molecule has 1 saturated heterocycles. The van der Waals surface area contributed by atoms with Gasteiger partial charge in [-0.1, -0.05) is 50.8 Å². The summed E-state index contributed by atoms with van der Waals surface area (Å²) in [6.45, 7) is 3.82. The molecule has 2 heterocycles. The van der Waals surface area contributed by atoms with Crippen LogP contribution >= 0.6 is 0 Å². The second-order valence-corrected chi connectivity index (χ2v) is 14.3. The number of ketones is 2. The normalized spacial score (nSPS) is 41.4. The Kier molecular flexibility index (Phi) is 7.54. The first-order valence-electron chi connectivity index (χ1n) is 16.4. The SMILES string of the molecule is C[C@]12C=CC(=O)C=C1CC[C@@H]1C2[C@@H](O)C[C@@]2(C)[C@H]1C[C@H]1O[C@@H](C3CCCCC3)O[C@]12C(=O)COC(=O)/C=C/c1cccnc1. The molecular formula is C36H43NO7. The minimum atomic E-state index is -1.31. The number of aliphatic hydroxyl groups is 1. The van der Waals surface area contributed by atoms with Crippen LogP contribution in [-0.2, 0) is 28.6 Å². The van der Waals surface area contributed by atoms with Gasteiger partial charge in [0.25, 0.3) is 0 Å². The van der Waals surface area contributed by atoms with Crippen molar-refractivity contribution >= 4 is 23.6 Å². The number of carbonyl (C=O) groups excluding carboxylic acids is 3. The number of nitrogens with zero attached hydrogens (tertiary/aromatic N) is 1. The van der Waals surface area contributed by atoms with E-state index in [0.717, 1.165) is 49.7 Å². The van der Waals surface area contributed by atoms with Gasteiger partial charge in [-0.2, -0.15) is 0 Å². The van der Waals surface area contributed by atoms with E-state index in [1.807, 2.05) is 12.1 Å². The lowest BCUT2D eigenvalue weighted by molar-refractivity contribution is -0.210. The zero-order chi connectivity index (χ0) is 30.7. The summed E-state index contributed by atoms with van der Waals surface area (Å²) in [6, 6.07) is 3.61. The van der Waals surface area contributed by atoms with Crippen LogP contribution in [0.15, 0.2) is 54.4 Å². The van der Waals surface area contributed by atoms with E-state index >= 15 is 0 Å². The highest BCUT2D eigenvalue weighted by molar-refractivity contribution is 6.01. The largest absolute Gasteiger partial charge is 0.454 e. The van der Waals surface area contributed by atoms with Crippen LogP contribution in [0.5, 0.6) is 0 Å². The van der Waals surface area contributed by atoms with E-state index in [2.05, 4.69) is 18.8 Å². The van der Waals surface area contributed by atoms with E-state index in [9.17, 15) is 19.5 Å². The first-order chi connectivity index (χ1) is 21.2. The van der Waals surface area contributed by atoms with Crippen molar-refractivity contribution in [3.63, 3.8) is 0 Å². The lowest BCUT2D eigenvalue weighted by Gasteiger charge is -2.59. The molecule has 8 heteroatoms. The standard InChI is InChI=1S/C36H43NO7/c1-34-15-14-25(38)17-24(34)11-12-26-27-18-30-36(35(27,2)19-28(39)32(26)34,44-33(43-30)23-8-4-3-5-9-23)29(40)21-42-31(41)13-10-22-7-6-16-37-20-22/h6-7,10,13-17,20,23,26-28,30,32-33,39H,3-5,8-9,11-12,18-19,21H2,1-2H3/b13-10+/t26-,27-,28-,30+,32?,33+,34-,35-,36+/m0/s1. The summed E-state index contributed by atoms with van der Waals surface area (Å²) in [4.78, 5) is 43.4. The van der Waals surface area contributed by atoms with Crippen molar-refractivity contribution in [1.82, 2.24) is 4.98 Å². The number of aliphatic hydroxyl groups excluding tert-OH is 1. The second kappa shape index (κ2) is 11.1. The molecule has 8 nitrogen and oxygen atoms in total. The van der Waals surface area contributed by atoms with Crippen LogP contribution in [-0.4, -0.2) is 58.3 Å². The summed E-state index contributed by atoms with van der Waals surface area (Å²) in [5, 5.41) is 12.0. The molecule has 44 heavy (non-hydrogen) atoms. The molecule has 234 valence electrons. The third-order valence-electron chi connectivity index (χ3n) is 12.1. The van der Waals surface area contributed by atoms with Gasteiger partial charge < -0.3 is 19.3 Å². The van der Waals surface area contributed by atoms with Gasteiger partial charge in [0.05, 0.1) is 12.2 Å². The molecule has 5 aliphatic carbocycles. The molecule has 1 N–H and O–H groups in total. The number of fused-ring (bicyclic) bond motifs is 7. The zero-order valence-electron chi connectivity index (χ0n) is 25.7. The third kappa shape index (κ3) is 4.59. The van der Waals surface area contributed by atoms with Gasteiger partial charge >= 0.3 is 5.97 Å². The number of esters is 1. The van der Waals surface area contributed by atoms with Gasteiger partial charge in [-0.15, -0.1) is 0 Å². The maximum absolute atomic E-state index is 14.5. The summed E-state index contributed by atoms with van der Waals surface area (Å²) < 4.78 is 19.2. The van der Waals surface area contributed by atoms with Crippen LogP contribution < -0.4 is 0 Å². The Morgan fingerprint density at radius 1 is 1.18 bits per heavy atom. The van der Waals surface area contributed by atoms with Crippen LogP contribution in [0.2, 0.25) is 0 Å². The number of allylic oxidation sites excluding steroid dienone is 4. The molecule has 4 saturated carbocycles. The van der Waals surface area contributed by atoms with Crippen LogP contribution in [0.1, 0.15) is 77.2 Å². The molecule has 0 amide bonds. The minimum Gasteiger partial charge on any atom is -0.454 e. The van der Waals surface area contributed by atoms with Gasteiger partial charge in [0, 0.05) is 41.1 Å². The Morgan fingerprint density at radius 3 is 2.77 bits per heavy atom. The second-order valence-electron chi connectivity index (χ2n) is 14.3. The average Bonchev–Trinajstić information content (AvgIpc) is 3.53. The van der Waals surface area contributed by atoms with E-state index in [1.54, 1.807) is 36.7 Å². The third-order valence-corrected chi connectivity index (χ3v) is 12.1. The minimum absolute atomic E-state index is 0.00592. The van der Waals surface area contributed by atoms with Crippen LogP contribution in [0, 0.1) is 34.5 Å². The molecule has 6 aliphatic rings. The molecule has 0 aromatic carbocycles. The van der Waals surface area contributed by atoms with Crippen molar-refractivity contribution < 1.29 is 33.7 Å². The Balaban J connectivity index is 1.18. The number of hydrogen-bond donors (Lipinski definition) is 1. The monoisotopic (exact) mass is 601 g/mol. The molecule has 5 fully saturated rings. The van der Waals surface area contributed by atoms with Crippen molar-refractivity contribution in [2.24, 2.45) is 34.5 Å². The topological polar surface area (TPSA) is 112 Å². The van der Waals surface area contributed by atoms with Gasteiger partial charge in [-0.25, -0.2) is 4.79 Å². The highest BCUT2D eigenvalue weighted by atomic mass is 16.7. The van der Waals surface area contributed by atoms with Gasteiger partial charge in [0.2, 0.25) is 5.78 Å². The van der Waals surface area contributed by atoms with Gasteiger partial charge in [0.15, 0.2) is 24.3 Å². The van der Waals surface area contributed by atoms with Crippen LogP contribution in [0.4, 0.5) is 0 Å². The molecule has 0 bridgehead atoms. The number of ether oxygens (including phenoxy) is 3. The lowest BCUT2D eigenvalue weighted by Crippen LogP contribution is -2.63. The fourth-order valence-electron chi connectivity index (χ4n) is 10.1. The molecule has 1 aromatic rings. The predicted molar refractivity (Wildman–Crippen MR) is 162 cm³/mol. The molecule has 1 unspecified atom stereocenters. The average molecular weight is 602 g/mol. The van der Waals surface area contributed by atoms with Gasteiger partial charge in [-0.3, -0.25) is 14.6 Å². The lowest BCUT2D eigenvalue weighted by atomic mass is 9.46. The van der Waals surface area contributed by atoms with Crippen LogP contribution in [0.25, 0.3) is 6.08 Å². The Bertz CT molecular complexity index is 1410. The predicted octanol–water partition coefficient (Wildman–Crippen LogP) is 5.16. The Hall–Kier alpha value is -2.94. The smallest absolute Gasteiger partial charge is 0.331 e. The van der Waals surface area contributed by atoms with E-state index in [4.69, 9.17) is 14.2 Å². The van der Waals surface area contributed by atoms with E-state index < -0.39 is 47.5 Å². The molecule has 0 radical (unpaired) electrons. The maximum Gasteiger partial charge on any atom is 0.331 e. The van der Waals surface area contributed by atoms with Crippen LogP contribution in [0.3, 0.4) is 0 Å². The number of rotatable bonds is 6. The quantitative estimate of drug-likeness (QED) is 0.352. The fourth-order valence-corrected chi connectivity index (χ4v) is 10.1. The first kappa shape index (κ1) is 29.8. The molecule has 1 aliphatic heterocycles. The molecule has 0 spiro atoms. The molecular weight excluding hydrogens is 558 g/mol. The van der Waals surface area contributed by atoms with Gasteiger partial charge in [-0.05, 0) is 80.2 Å². The number of hydrogen-bond acceptors (Lipinski definition) is 8. The highest BCUT2D eigenvalue weighted by Gasteiger charge is 2.76. The number of Topliss-reactive ketones (excluding diaryl/α,β-unsaturated/α-hetero) is 1. The van der Waals surface area contributed by atoms with Crippen molar-refractivity contribution in [2.75, 3.05) is 6.61 Å². The maximum atomic E-state index is 14.5.